The molecule has 106 valence electrons. The molecule has 2 atom stereocenters. The van der Waals surface area contributed by atoms with Crippen molar-refractivity contribution in [3.8, 4) is 0 Å². The Hall–Kier alpha value is -0.870. The van der Waals surface area contributed by atoms with Crippen LogP contribution in [0, 0.1) is 0 Å². The number of carbonyl (C=O) groups is 1. The van der Waals surface area contributed by atoms with E-state index in [2.05, 4.69) is 47.2 Å². The molecular formula is C15H23BrN2O. The molecule has 0 radical (unpaired) electrons. The van der Waals surface area contributed by atoms with E-state index in [0.29, 0.717) is 12.5 Å². The lowest BCUT2D eigenvalue weighted by Gasteiger charge is -2.21. The maximum Gasteiger partial charge on any atom is 0.223 e. The molecule has 0 aliphatic rings. The van der Waals surface area contributed by atoms with Gasteiger partial charge in [0.05, 0.1) is 0 Å². The van der Waals surface area contributed by atoms with E-state index in [1.165, 1.54) is 5.56 Å². The number of nitrogens with one attached hydrogen (secondary N) is 1. The standard InChI is InChI=1S/C15H23BrN2O/c1-11(8-13-6-5-7-14(16)10-13)17-12(2)9-15(19)18(3)4/h5-7,10-12,17H,8-9H2,1-4H3. The van der Waals surface area contributed by atoms with Gasteiger partial charge in [-0.3, -0.25) is 4.79 Å². The normalized spacial score (nSPS) is 13.9. The second-order valence-electron chi connectivity index (χ2n) is 5.30. The van der Waals surface area contributed by atoms with Gasteiger partial charge in [-0.2, -0.15) is 0 Å². The molecule has 0 fully saturated rings. The summed E-state index contributed by atoms with van der Waals surface area (Å²) in [5.41, 5.74) is 1.29. The molecule has 1 aromatic carbocycles. The predicted octanol–water partition coefficient (Wildman–Crippen LogP) is 2.84. The molecular weight excluding hydrogens is 304 g/mol. The third-order valence-electron chi connectivity index (χ3n) is 2.98. The summed E-state index contributed by atoms with van der Waals surface area (Å²) in [6, 6.07) is 8.87. The first-order chi connectivity index (χ1) is 8.88. The van der Waals surface area contributed by atoms with Crippen molar-refractivity contribution in [1.82, 2.24) is 10.2 Å². The number of hydrogen-bond donors (Lipinski definition) is 1. The van der Waals surface area contributed by atoms with E-state index < -0.39 is 0 Å². The van der Waals surface area contributed by atoms with Gasteiger partial charge in [0.15, 0.2) is 0 Å². The Kier molecular flexibility index (Phi) is 6.52. The number of nitrogens with zero attached hydrogens (tertiary/aromatic N) is 1. The maximum absolute atomic E-state index is 11.6. The van der Waals surface area contributed by atoms with Crippen LogP contribution in [0.5, 0.6) is 0 Å². The van der Waals surface area contributed by atoms with Gasteiger partial charge in [-0.1, -0.05) is 28.1 Å². The van der Waals surface area contributed by atoms with Gasteiger partial charge in [-0.25, -0.2) is 0 Å². The fourth-order valence-electron chi connectivity index (χ4n) is 2.07. The third-order valence-corrected chi connectivity index (χ3v) is 3.47. The molecule has 0 spiro atoms. The van der Waals surface area contributed by atoms with Crippen LogP contribution in [0.2, 0.25) is 0 Å². The Morgan fingerprint density at radius 2 is 2.00 bits per heavy atom. The molecule has 3 nitrogen and oxygen atoms in total. The first kappa shape index (κ1) is 16.2. The topological polar surface area (TPSA) is 32.3 Å². The van der Waals surface area contributed by atoms with Crippen molar-refractivity contribution in [3.63, 3.8) is 0 Å². The number of halogens is 1. The summed E-state index contributed by atoms with van der Waals surface area (Å²) >= 11 is 3.48. The monoisotopic (exact) mass is 326 g/mol. The van der Waals surface area contributed by atoms with Crippen LogP contribution < -0.4 is 5.32 Å². The molecule has 0 aromatic heterocycles. The van der Waals surface area contributed by atoms with Gasteiger partial charge in [0.1, 0.15) is 0 Å². The first-order valence-corrected chi connectivity index (χ1v) is 7.38. The van der Waals surface area contributed by atoms with Crippen molar-refractivity contribution in [2.45, 2.75) is 38.8 Å². The van der Waals surface area contributed by atoms with Crippen molar-refractivity contribution >= 4 is 21.8 Å². The van der Waals surface area contributed by atoms with Crippen LogP contribution in [-0.2, 0) is 11.2 Å². The van der Waals surface area contributed by atoms with E-state index in [1.54, 1.807) is 19.0 Å². The summed E-state index contributed by atoms with van der Waals surface area (Å²) in [4.78, 5) is 13.3. The number of carbonyl (C=O) groups excluding carboxylic acids is 1. The lowest BCUT2D eigenvalue weighted by Crippen LogP contribution is -2.39. The highest BCUT2D eigenvalue weighted by Gasteiger charge is 2.13. The number of hydrogen-bond acceptors (Lipinski definition) is 2. The maximum atomic E-state index is 11.6. The third kappa shape index (κ3) is 6.21. The van der Waals surface area contributed by atoms with E-state index >= 15 is 0 Å². The lowest BCUT2D eigenvalue weighted by atomic mass is 10.1. The van der Waals surface area contributed by atoms with Gasteiger partial charge >= 0.3 is 0 Å². The molecule has 2 unspecified atom stereocenters. The molecule has 0 aliphatic heterocycles. The van der Waals surface area contributed by atoms with Crippen molar-refractivity contribution in [2.75, 3.05) is 14.1 Å². The quantitative estimate of drug-likeness (QED) is 0.871. The second-order valence-corrected chi connectivity index (χ2v) is 6.21. The summed E-state index contributed by atoms with van der Waals surface area (Å²) < 4.78 is 1.10. The zero-order valence-electron chi connectivity index (χ0n) is 12.1. The first-order valence-electron chi connectivity index (χ1n) is 6.59. The molecule has 19 heavy (non-hydrogen) atoms. The van der Waals surface area contributed by atoms with E-state index in [4.69, 9.17) is 0 Å². The molecule has 0 heterocycles. The minimum Gasteiger partial charge on any atom is -0.349 e. The largest absolute Gasteiger partial charge is 0.349 e. The highest BCUT2D eigenvalue weighted by Crippen LogP contribution is 2.13. The predicted molar refractivity (Wildman–Crippen MR) is 83.2 cm³/mol. The molecule has 1 amide bonds. The van der Waals surface area contributed by atoms with Gasteiger partial charge in [0.2, 0.25) is 5.91 Å². The zero-order valence-corrected chi connectivity index (χ0v) is 13.7. The van der Waals surface area contributed by atoms with E-state index in [1.807, 2.05) is 12.1 Å². The number of benzene rings is 1. The fraction of sp³-hybridized carbons (Fsp3) is 0.533. The van der Waals surface area contributed by atoms with Crippen molar-refractivity contribution in [3.05, 3.63) is 34.3 Å². The van der Waals surface area contributed by atoms with Gasteiger partial charge < -0.3 is 10.2 Å². The Balaban J connectivity index is 2.42. The highest BCUT2D eigenvalue weighted by molar-refractivity contribution is 9.10. The van der Waals surface area contributed by atoms with E-state index in [9.17, 15) is 4.79 Å². The summed E-state index contributed by atoms with van der Waals surface area (Å²) in [6.07, 6.45) is 1.50. The van der Waals surface area contributed by atoms with E-state index in [-0.39, 0.29) is 11.9 Å². The minimum atomic E-state index is 0.162. The zero-order chi connectivity index (χ0) is 14.4. The lowest BCUT2D eigenvalue weighted by molar-refractivity contribution is -0.129. The number of rotatable bonds is 6. The number of amides is 1. The van der Waals surface area contributed by atoms with Crippen LogP contribution in [0.25, 0.3) is 0 Å². The molecule has 1 aromatic rings. The average Bonchev–Trinajstić information content (AvgIpc) is 2.27. The Bertz CT molecular complexity index is 420. The van der Waals surface area contributed by atoms with Gasteiger partial charge in [0.25, 0.3) is 0 Å². The van der Waals surface area contributed by atoms with Crippen LogP contribution in [-0.4, -0.2) is 37.0 Å². The van der Waals surface area contributed by atoms with Crippen LogP contribution in [0.15, 0.2) is 28.7 Å². The Morgan fingerprint density at radius 1 is 1.32 bits per heavy atom. The van der Waals surface area contributed by atoms with Crippen LogP contribution >= 0.6 is 15.9 Å². The molecule has 0 saturated heterocycles. The average molecular weight is 327 g/mol. The minimum absolute atomic E-state index is 0.162. The van der Waals surface area contributed by atoms with Crippen molar-refractivity contribution < 1.29 is 4.79 Å². The fourth-order valence-corrected chi connectivity index (χ4v) is 2.51. The molecule has 0 aliphatic carbocycles. The molecule has 1 N–H and O–H groups in total. The molecule has 4 heteroatoms. The van der Waals surface area contributed by atoms with Gasteiger partial charge in [-0.05, 0) is 38.0 Å². The summed E-state index contributed by atoms with van der Waals surface area (Å²) in [5, 5.41) is 3.47. The molecule has 0 saturated carbocycles. The van der Waals surface area contributed by atoms with E-state index in [0.717, 1.165) is 10.9 Å². The summed E-state index contributed by atoms with van der Waals surface area (Å²) in [7, 11) is 3.58. The van der Waals surface area contributed by atoms with Crippen molar-refractivity contribution in [2.24, 2.45) is 0 Å². The Morgan fingerprint density at radius 3 is 2.58 bits per heavy atom. The molecule has 0 bridgehead atoms. The summed E-state index contributed by atoms with van der Waals surface area (Å²) in [6.45, 7) is 4.20. The van der Waals surface area contributed by atoms with Crippen LogP contribution in [0.1, 0.15) is 25.8 Å². The van der Waals surface area contributed by atoms with Crippen LogP contribution in [0.3, 0.4) is 0 Å². The van der Waals surface area contributed by atoms with Gasteiger partial charge in [-0.15, -0.1) is 0 Å². The summed E-state index contributed by atoms with van der Waals surface area (Å²) in [5.74, 6) is 0.162. The Labute approximate surface area is 124 Å². The SMILES string of the molecule is CC(CC(=O)N(C)C)NC(C)Cc1cccc(Br)c1. The van der Waals surface area contributed by atoms with Crippen molar-refractivity contribution in [1.29, 1.82) is 0 Å². The second kappa shape index (κ2) is 7.65. The van der Waals surface area contributed by atoms with Crippen LogP contribution in [0.4, 0.5) is 0 Å². The smallest absolute Gasteiger partial charge is 0.223 e. The molecule has 1 rings (SSSR count). The van der Waals surface area contributed by atoms with Gasteiger partial charge in [0, 0.05) is 37.1 Å². The highest BCUT2D eigenvalue weighted by atomic mass is 79.9.